The van der Waals surface area contributed by atoms with Crippen LogP contribution in [0.2, 0.25) is 5.02 Å². The van der Waals surface area contributed by atoms with Gasteiger partial charge in [-0.2, -0.15) is 0 Å². The zero-order chi connectivity index (χ0) is 23.1. The topological polar surface area (TPSA) is 109 Å². The smallest absolute Gasteiger partial charge is 0.279 e. The molecule has 4 heterocycles. The first-order valence-corrected chi connectivity index (χ1v) is 11.6. The SMILES string of the molecule is Cc1cc(C(=O)Nc2nc3c(s2)CN(C(=O)[C@H]2CC(=O)N(c4ccc(Cl)cc4)C2)CC3)no1. The van der Waals surface area contributed by atoms with E-state index in [-0.39, 0.29) is 23.9 Å². The maximum Gasteiger partial charge on any atom is 0.279 e. The summed E-state index contributed by atoms with van der Waals surface area (Å²) in [5.41, 5.74) is 1.81. The number of anilines is 2. The highest BCUT2D eigenvalue weighted by molar-refractivity contribution is 7.15. The van der Waals surface area contributed by atoms with Crippen molar-refractivity contribution in [1.29, 1.82) is 0 Å². The van der Waals surface area contributed by atoms with Crippen LogP contribution in [0.25, 0.3) is 0 Å². The molecule has 2 aliphatic rings. The summed E-state index contributed by atoms with van der Waals surface area (Å²) in [6.45, 7) is 3.00. The lowest BCUT2D eigenvalue weighted by molar-refractivity contribution is -0.136. The molecule has 0 aliphatic carbocycles. The number of benzene rings is 1. The molecule has 2 aromatic heterocycles. The van der Waals surface area contributed by atoms with E-state index in [0.29, 0.717) is 42.0 Å². The minimum Gasteiger partial charge on any atom is -0.361 e. The van der Waals surface area contributed by atoms with Crippen LogP contribution in [-0.4, -0.2) is 45.9 Å². The van der Waals surface area contributed by atoms with Gasteiger partial charge < -0.3 is 14.3 Å². The van der Waals surface area contributed by atoms with Gasteiger partial charge in [-0.1, -0.05) is 28.1 Å². The van der Waals surface area contributed by atoms with Crippen molar-refractivity contribution in [2.75, 3.05) is 23.3 Å². The molecule has 3 aromatic rings. The highest BCUT2D eigenvalue weighted by Crippen LogP contribution is 2.32. The van der Waals surface area contributed by atoms with Crippen LogP contribution in [0.1, 0.15) is 33.2 Å². The van der Waals surface area contributed by atoms with Crippen molar-refractivity contribution in [2.24, 2.45) is 5.92 Å². The van der Waals surface area contributed by atoms with E-state index in [1.54, 1.807) is 47.1 Å². The van der Waals surface area contributed by atoms with E-state index in [2.05, 4.69) is 15.5 Å². The summed E-state index contributed by atoms with van der Waals surface area (Å²) in [5, 5.41) is 7.51. The van der Waals surface area contributed by atoms with Gasteiger partial charge in [-0.3, -0.25) is 19.7 Å². The molecule has 0 radical (unpaired) electrons. The minimum absolute atomic E-state index is 0.0393. The van der Waals surface area contributed by atoms with Crippen LogP contribution in [0.3, 0.4) is 0 Å². The number of nitrogens with one attached hydrogen (secondary N) is 1. The first-order valence-electron chi connectivity index (χ1n) is 10.5. The van der Waals surface area contributed by atoms with Crippen LogP contribution in [0.4, 0.5) is 10.8 Å². The number of amides is 3. The number of aryl methyl sites for hydroxylation is 1. The molecule has 5 rings (SSSR count). The molecule has 1 N–H and O–H groups in total. The van der Waals surface area contributed by atoms with E-state index in [9.17, 15) is 14.4 Å². The number of carbonyl (C=O) groups excluding carboxylic acids is 3. The Morgan fingerprint density at radius 1 is 1.27 bits per heavy atom. The number of rotatable bonds is 4. The summed E-state index contributed by atoms with van der Waals surface area (Å²) in [7, 11) is 0. The van der Waals surface area contributed by atoms with Gasteiger partial charge in [-0.05, 0) is 31.2 Å². The third kappa shape index (κ3) is 4.36. The molecule has 170 valence electrons. The monoisotopic (exact) mass is 485 g/mol. The Kier molecular flexibility index (Phi) is 5.63. The standard InChI is InChI=1S/C22H20ClN5O4S/c1-12-8-17(26-32-12)20(30)25-22-24-16-6-7-27(11-18(16)33-22)21(31)13-9-19(29)28(10-13)15-4-2-14(23)3-5-15/h2-5,8,13H,6-7,9-11H2,1H3,(H,24,25,30)/t13-/m0/s1. The van der Waals surface area contributed by atoms with Crippen LogP contribution >= 0.6 is 22.9 Å². The second kappa shape index (κ2) is 8.60. The molecule has 33 heavy (non-hydrogen) atoms. The first-order chi connectivity index (χ1) is 15.9. The maximum absolute atomic E-state index is 13.2. The lowest BCUT2D eigenvalue weighted by atomic mass is 10.1. The number of halogens is 1. The van der Waals surface area contributed by atoms with Crippen LogP contribution in [-0.2, 0) is 22.6 Å². The van der Waals surface area contributed by atoms with Gasteiger partial charge in [0.05, 0.1) is 18.2 Å². The number of hydrogen-bond donors (Lipinski definition) is 1. The minimum atomic E-state index is -0.391. The van der Waals surface area contributed by atoms with Crippen molar-refractivity contribution < 1.29 is 18.9 Å². The van der Waals surface area contributed by atoms with Crippen molar-refractivity contribution in [3.05, 3.63) is 57.4 Å². The zero-order valence-electron chi connectivity index (χ0n) is 17.7. The van der Waals surface area contributed by atoms with Gasteiger partial charge in [0.2, 0.25) is 11.8 Å². The van der Waals surface area contributed by atoms with Crippen molar-refractivity contribution in [3.63, 3.8) is 0 Å². The van der Waals surface area contributed by atoms with Crippen LogP contribution in [0.15, 0.2) is 34.9 Å². The maximum atomic E-state index is 13.2. The number of carbonyl (C=O) groups is 3. The molecule has 9 nitrogen and oxygen atoms in total. The van der Waals surface area contributed by atoms with Gasteiger partial charge in [-0.25, -0.2) is 4.98 Å². The van der Waals surface area contributed by atoms with Crippen LogP contribution < -0.4 is 10.2 Å². The summed E-state index contributed by atoms with van der Waals surface area (Å²) >= 11 is 7.28. The van der Waals surface area contributed by atoms with E-state index in [1.807, 2.05) is 0 Å². The van der Waals surface area contributed by atoms with Crippen LogP contribution in [0, 0.1) is 12.8 Å². The molecule has 3 amide bonds. The lowest BCUT2D eigenvalue weighted by Gasteiger charge is -2.28. The predicted octanol–water partition coefficient (Wildman–Crippen LogP) is 3.28. The molecule has 0 saturated carbocycles. The van der Waals surface area contributed by atoms with Gasteiger partial charge in [-0.15, -0.1) is 0 Å². The average Bonchev–Trinajstić information content (AvgIpc) is 3.51. The zero-order valence-corrected chi connectivity index (χ0v) is 19.3. The molecule has 0 bridgehead atoms. The Morgan fingerprint density at radius 3 is 2.79 bits per heavy atom. The molecule has 1 fully saturated rings. The Bertz CT molecular complexity index is 1240. The Balaban J connectivity index is 1.23. The highest BCUT2D eigenvalue weighted by Gasteiger charge is 2.38. The van der Waals surface area contributed by atoms with Crippen molar-refractivity contribution in [1.82, 2.24) is 15.0 Å². The first kappa shape index (κ1) is 21.6. The molecule has 11 heteroatoms. The van der Waals surface area contributed by atoms with Crippen molar-refractivity contribution >= 4 is 51.5 Å². The average molecular weight is 486 g/mol. The second-order valence-electron chi connectivity index (χ2n) is 8.06. The quantitative estimate of drug-likeness (QED) is 0.607. The Morgan fingerprint density at radius 2 is 2.06 bits per heavy atom. The van der Waals surface area contributed by atoms with E-state index in [4.69, 9.17) is 16.1 Å². The van der Waals surface area contributed by atoms with E-state index in [0.717, 1.165) is 16.3 Å². The molecule has 0 unspecified atom stereocenters. The van der Waals surface area contributed by atoms with Gasteiger partial charge >= 0.3 is 0 Å². The van der Waals surface area contributed by atoms with Gasteiger partial charge in [0, 0.05) is 47.6 Å². The largest absolute Gasteiger partial charge is 0.361 e. The summed E-state index contributed by atoms with van der Waals surface area (Å²) in [5.74, 6) is -0.343. The summed E-state index contributed by atoms with van der Waals surface area (Å²) in [6.07, 6.45) is 0.782. The molecular formula is C22H20ClN5O4S. The lowest BCUT2D eigenvalue weighted by Crippen LogP contribution is -2.40. The second-order valence-corrected chi connectivity index (χ2v) is 9.58. The van der Waals surface area contributed by atoms with Crippen molar-refractivity contribution in [2.45, 2.75) is 26.3 Å². The molecule has 1 aromatic carbocycles. The number of aromatic nitrogens is 2. The van der Waals surface area contributed by atoms with Crippen LogP contribution in [0.5, 0.6) is 0 Å². The predicted molar refractivity (Wildman–Crippen MR) is 122 cm³/mol. The number of fused-ring (bicyclic) bond motifs is 1. The third-order valence-electron chi connectivity index (χ3n) is 5.74. The summed E-state index contributed by atoms with van der Waals surface area (Å²) in [4.78, 5) is 46.9. The molecule has 1 atom stereocenters. The molecule has 1 saturated heterocycles. The number of nitrogens with zero attached hydrogens (tertiary/aromatic N) is 4. The fourth-order valence-electron chi connectivity index (χ4n) is 4.07. The number of hydrogen-bond acceptors (Lipinski definition) is 7. The molecular weight excluding hydrogens is 466 g/mol. The fraction of sp³-hybridized carbons (Fsp3) is 0.318. The highest BCUT2D eigenvalue weighted by atomic mass is 35.5. The molecule has 0 spiro atoms. The summed E-state index contributed by atoms with van der Waals surface area (Å²) in [6, 6.07) is 8.59. The van der Waals surface area contributed by atoms with E-state index >= 15 is 0 Å². The molecule has 2 aliphatic heterocycles. The Hall–Kier alpha value is -3.24. The summed E-state index contributed by atoms with van der Waals surface area (Å²) < 4.78 is 4.94. The fourth-order valence-corrected chi connectivity index (χ4v) is 5.22. The third-order valence-corrected chi connectivity index (χ3v) is 6.99. The normalized spacial score (nSPS) is 17.9. The van der Waals surface area contributed by atoms with E-state index < -0.39 is 11.8 Å². The Labute approximate surface area is 198 Å². The number of thiazole rings is 1. The van der Waals surface area contributed by atoms with Crippen molar-refractivity contribution in [3.8, 4) is 0 Å². The van der Waals surface area contributed by atoms with E-state index in [1.165, 1.54) is 11.3 Å². The van der Waals surface area contributed by atoms with Gasteiger partial charge in [0.25, 0.3) is 5.91 Å². The van der Waals surface area contributed by atoms with Gasteiger partial charge in [0.15, 0.2) is 10.8 Å². The van der Waals surface area contributed by atoms with Gasteiger partial charge in [0.1, 0.15) is 5.76 Å².